The van der Waals surface area contributed by atoms with Gasteiger partial charge < -0.3 is 4.74 Å². The largest absolute Gasteiger partial charge is 0.494 e. The maximum Gasteiger partial charge on any atom is 0.271 e. The zero-order chi connectivity index (χ0) is 29.6. The maximum absolute atomic E-state index is 13.8. The van der Waals surface area contributed by atoms with Crippen molar-refractivity contribution in [3.8, 4) is 28.8 Å². The number of imide groups is 1. The lowest BCUT2D eigenvalue weighted by Crippen LogP contribution is -2.42. The van der Waals surface area contributed by atoms with Gasteiger partial charge in [-0.05, 0) is 72.9 Å². The third-order valence-corrected chi connectivity index (χ3v) is 7.16. The summed E-state index contributed by atoms with van der Waals surface area (Å²) in [6, 6.07) is 28.7. The number of ether oxygens (including phenoxy) is 1. The van der Waals surface area contributed by atoms with E-state index in [4.69, 9.17) is 9.84 Å². The van der Waals surface area contributed by atoms with Crippen molar-refractivity contribution in [1.82, 2.24) is 14.7 Å². The van der Waals surface area contributed by atoms with Gasteiger partial charge in [0.15, 0.2) is 0 Å². The third kappa shape index (κ3) is 6.08. The molecule has 0 bridgehead atoms. The van der Waals surface area contributed by atoms with Crippen LogP contribution in [0.5, 0.6) is 5.75 Å². The molecule has 42 heavy (non-hydrogen) atoms. The Bertz CT molecular complexity index is 1690. The fourth-order valence-corrected chi connectivity index (χ4v) is 4.75. The van der Waals surface area contributed by atoms with Crippen molar-refractivity contribution in [3.05, 3.63) is 119 Å². The number of nitriles is 1. The number of amides is 2. The number of hydrogen-bond donors (Lipinski definition) is 0. The Balaban J connectivity index is 1.57. The van der Waals surface area contributed by atoms with Crippen molar-refractivity contribution in [2.45, 2.75) is 33.7 Å². The zero-order valence-corrected chi connectivity index (χ0v) is 23.9. The Kier molecular flexibility index (Phi) is 8.44. The van der Waals surface area contributed by atoms with Gasteiger partial charge in [-0.15, -0.1) is 0 Å². The van der Waals surface area contributed by atoms with Crippen LogP contribution in [0, 0.1) is 17.2 Å². The Morgan fingerprint density at radius 1 is 0.929 bits per heavy atom. The van der Waals surface area contributed by atoms with E-state index in [0.29, 0.717) is 29.4 Å². The lowest BCUT2D eigenvalue weighted by atomic mass is 9.93. The number of nitrogens with zero attached hydrogens (tertiary/aromatic N) is 4. The van der Waals surface area contributed by atoms with E-state index in [9.17, 15) is 14.9 Å². The van der Waals surface area contributed by atoms with Gasteiger partial charge in [0.2, 0.25) is 0 Å². The maximum atomic E-state index is 13.8. The van der Waals surface area contributed by atoms with Crippen LogP contribution in [0.3, 0.4) is 0 Å². The molecule has 7 nitrogen and oxygen atoms in total. The Hall–Kier alpha value is -5.22. The van der Waals surface area contributed by atoms with Gasteiger partial charge in [0.05, 0.1) is 24.5 Å². The van der Waals surface area contributed by atoms with E-state index in [1.165, 1.54) is 0 Å². The molecule has 210 valence electrons. The average molecular weight is 557 g/mol. The van der Waals surface area contributed by atoms with Crippen LogP contribution in [-0.2, 0) is 16.1 Å². The molecule has 0 fully saturated rings. The van der Waals surface area contributed by atoms with Gasteiger partial charge in [-0.1, -0.05) is 62.4 Å². The minimum Gasteiger partial charge on any atom is -0.494 e. The second-order valence-electron chi connectivity index (χ2n) is 10.6. The molecule has 0 saturated carbocycles. The molecule has 4 aromatic rings. The highest BCUT2D eigenvalue weighted by Crippen LogP contribution is 2.32. The zero-order valence-electron chi connectivity index (χ0n) is 23.9. The summed E-state index contributed by atoms with van der Waals surface area (Å²) in [4.78, 5) is 28.1. The van der Waals surface area contributed by atoms with Crippen LogP contribution in [0.1, 0.15) is 38.3 Å². The minimum absolute atomic E-state index is 0.0447. The molecule has 2 amide bonds. The molecule has 0 N–H and O–H groups in total. The number of hydrogen-bond acceptors (Lipinski definition) is 5. The number of carbonyl (C=O) groups excluding carboxylic acids is 2. The molecule has 5 rings (SSSR count). The SMILES string of the molecule is CC1=C(C#N)C(=O)N(Cc2ccccc2)C(=O)/C1=C/c1cn(-c2ccccc2)nc1-c1ccc(OCCC(C)C)cc1. The van der Waals surface area contributed by atoms with Crippen LogP contribution >= 0.6 is 0 Å². The van der Waals surface area contributed by atoms with Gasteiger partial charge in [-0.2, -0.15) is 10.4 Å². The van der Waals surface area contributed by atoms with Gasteiger partial charge in [0.25, 0.3) is 11.8 Å². The molecular formula is C35H32N4O3. The summed E-state index contributed by atoms with van der Waals surface area (Å²) in [5, 5.41) is 14.7. The van der Waals surface area contributed by atoms with E-state index < -0.39 is 11.8 Å². The smallest absolute Gasteiger partial charge is 0.271 e. The summed E-state index contributed by atoms with van der Waals surface area (Å²) < 4.78 is 7.66. The van der Waals surface area contributed by atoms with Gasteiger partial charge in [-0.3, -0.25) is 14.5 Å². The van der Waals surface area contributed by atoms with Crippen molar-refractivity contribution >= 4 is 17.9 Å². The molecule has 1 aliphatic rings. The van der Waals surface area contributed by atoms with Crippen LogP contribution < -0.4 is 4.74 Å². The number of carbonyl (C=O) groups is 2. The van der Waals surface area contributed by atoms with Crippen molar-refractivity contribution in [1.29, 1.82) is 5.26 Å². The number of aromatic nitrogens is 2. The normalized spacial score (nSPS) is 14.5. The first-order valence-corrected chi connectivity index (χ1v) is 14.0. The van der Waals surface area contributed by atoms with Crippen LogP contribution in [0.4, 0.5) is 0 Å². The third-order valence-electron chi connectivity index (χ3n) is 7.16. The highest BCUT2D eigenvalue weighted by molar-refractivity contribution is 6.19. The van der Waals surface area contributed by atoms with Crippen molar-refractivity contribution in [2.24, 2.45) is 5.92 Å². The van der Waals surface area contributed by atoms with E-state index >= 15 is 0 Å². The Morgan fingerprint density at radius 3 is 2.24 bits per heavy atom. The average Bonchev–Trinajstić information content (AvgIpc) is 3.43. The highest BCUT2D eigenvalue weighted by atomic mass is 16.5. The van der Waals surface area contributed by atoms with Gasteiger partial charge >= 0.3 is 0 Å². The molecule has 2 heterocycles. The number of benzene rings is 3. The van der Waals surface area contributed by atoms with E-state index in [1.807, 2.05) is 97.2 Å². The molecular weight excluding hydrogens is 524 g/mol. The topological polar surface area (TPSA) is 88.2 Å². The second kappa shape index (κ2) is 12.5. The van der Waals surface area contributed by atoms with Crippen molar-refractivity contribution < 1.29 is 14.3 Å². The molecule has 0 unspecified atom stereocenters. The molecule has 1 aliphatic heterocycles. The molecule has 0 radical (unpaired) electrons. The predicted octanol–water partition coefficient (Wildman–Crippen LogP) is 6.76. The van der Waals surface area contributed by atoms with Crippen molar-refractivity contribution in [2.75, 3.05) is 6.61 Å². The van der Waals surface area contributed by atoms with Crippen LogP contribution in [-0.4, -0.2) is 33.1 Å². The molecule has 0 saturated heterocycles. The first-order valence-electron chi connectivity index (χ1n) is 14.0. The van der Waals surface area contributed by atoms with Crippen LogP contribution in [0.25, 0.3) is 23.0 Å². The lowest BCUT2D eigenvalue weighted by Gasteiger charge is -2.27. The predicted molar refractivity (Wildman–Crippen MR) is 162 cm³/mol. The summed E-state index contributed by atoms with van der Waals surface area (Å²) in [6.45, 7) is 6.68. The number of para-hydroxylation sites is 1. The Labute approximate surface area is 246 Å². The molecule has 7 heteroatoms. The summed E-state index contributed by atoms with van der Waals surface area (Å²) in [7, 11) is 0. The van der Waals surface area contributed by atoms with Gasteiger partial charge in [-0.25, -0.2) is 4.68 Å². The van der Waals surface area contributed by atoms with E-state index in [0.717, 1.165) is 33.9 Å². The molecule has 3 aromatic carbocycles. The van der Waals surface area contributed by atoms with Crippen LogP contribution in [0.15, 0.2) is 108 Å². The first kappa shape index (κ1) is 28.3. The standard InChI is InChI=1S/C35H32N4O3/c1-24(2)18-19-42-30-16-14-27(15-17-30)33-28(23-39(37-33)29-12-8-5-9-13-29)20-31-25(3)32(21-36)35(41)38(34(31)40)22-26-10-6-4-7-11-26/h4-17,20,23-24H,18-19,22H2,1-3H3/b31-20+. The number of rotatable bonds is 9. The van der Waals surface area contributed by atoms with Gasteiger partial charge in [0, 0.05) is 22.9 Å². The molecule has 1 aromatic heterocycles. The summed E-state index contributed by atoms with van der Waals surface area (Å²) >= 11 is 0. The monoisotopic (exact) mass is 556 g/mol. The minimum atomic E-state index is -0.589. The lowest BCUT2D eigenvalue weighted by molar-refractivity contribution is -0.141. The molecule has 0 spiro atoms. The van der Waals surface area contributed by atoms with Crippen LogP contribution in [0.2, 0.25) is 0 Å². The summed E-state index contributed by atoms with van der Waals surface area (Å²) in [5.74, 6) is 0.293. The first-order chi connectivity index (χ1) is 20.4. The summed E-state index contributed by atoms with van der Waals surface area (Å²) in [6.07, 6.45) is 4.56. The fourth-order valence-electron chi connectivity index (χ4n) is 4.75. The molecule has 0 atom stereocenters. The fraction of sp³-hybridized carbons (Fsp3) is 0.200. The molecule has 0 aliphatic carbocycles. The van der Waals surface area contributed by atoms with Gasteiger partial charge in [0.1, 0.15) is 17.4 Å². The van der Waals surface area contributed by atoms with E-state index in [2.05, 4.69) is 13.8 Å². The highest BCUT2D eigenvalue weighted by Gasteiger charge is 2.35. The second-order valence-corrected chi connectivity index (χ2v) is 10.6. The Morgan fingerprint density at radius 2 is 1.60 bits per heavy atom. The quantitative estimate of drug-likeness (QED) is 0.168. The van der Waals surface area contributed by atoms with E-state index in [1.54, 1.807) is 17.7 Å². The van der Waals surface area contributed by atoms with Crippen molar-refractivity contribution in [3.63, 3.8) is 0 Å². The summed E-state index contributed by atoms with van der Waals surface area (Å²) in [5.41, 5.74) is 4.43. The van der Waals surface area contributed by atoms with E-state index in [-0.39, 0.29) is 17.7 Å².